The Morgan fingerprint density at radius 3 is 2.67 bits per heavy atom. The van der Waals surface area contributed by atoms with Crippen LogP contribution in [0.15, 0.2) is 30.3 Å². The Hall–Kier alpha value is -0.510. The molecule has 1 aromatic carbocycles. The molecular weight excluding hydrogens is 242 g/mol. The monoisotopic (exact) mass is 265 g/mol. The summed E-state index contributed by atoms with van der Waals surface area (Å²) in [5, 5.41) is 0. The molecule has 1 aliphatic rings. The second kappa shape index (κ2) is 6.09. The van der Waals surface area contributed by atoms with Gasteiger partial charge in [-0.05, 0) is 25.2 Å². The minimum absolute atomic E-state index is 0.133. The van der Waals surface area contributed by atoms with E-state index in [0.717, 1.165) is 32.1 Å². The van der Waals surface area contributed by atoms with E-state index in [0.29, 0.717) is 5.92 Å². The number of benzene rings is 1. The van der Waals surface area contributed by atoms with Crippen LogP contribution in [0, 0.1) is 0 Å². The highest BCUT2D eigenvalue weighted by molar-refractivity contribution is 7.80. The van der Waals surface area contributed by atoms with E-state index in [-0.39, 0.29) is 5.54 Å². The molecule has 0 bridgehead atoms. The van der Waals surface area contributed by atoms with E-state index in [1.54, 1.807) is 0 Å². The van der Waals surface area contributed by atoms with E-state index in [4.69, 9.17) is 4.74 Å². The number of hydrogen-bond donors (Lipinski definition) is 1. The Kier molecular flexibility index (Phi) is 4.71. The third-order valence-corrected chi connectivity index (χ3v) is 4.19. The molecular formula is C15H23NOS. The number of rotatable bonds is 4. The Morgan fingerprint density at radius 1 is 1.33 bits per heavy atom. The second-order valence-electron chi connectivity index (χ2n) is 5.60. The first-order valence-electron chi connectivity index (χ1n) is 6.62. The molecule has 1 saturated heterocycles. The third kappa shape index (κ3) is 3.28. The molecule has 0 aliphatic carbocycles. The number of thiol groups is 1. The van der Waals surface area contributed by atoms with Gasteiger partial charge in [0.1, 0.15) is 0 Å². The molecule has 0 saturated carbocycles. The molecule has 1 aromatic rings. The molecule has 3 heteroatoms. The number of hydrogen-bond acceptors (Lipinski definition) is 3. The van der Waals surface area contributed by atoms with Crippen molar-refractivity contribution in [3.8, 4) is 0 Å². The summed E-state index contributed by atoms with van der Waals surface area (Å²) in [6.07, 6.45) is 0. The summed E-state index contributed by atoms with van der Waals surface area (Å²) in [7, 11) is 0. The maximum Gasteiger partial charge on any atom is 0.0645 e. The van der Waals surface area contributed by atoms with Gasteiger partial charge in [0.2, 0.25) is 0 Å². The zero-order valence-electron chi connectivity index (χ0n) is 11.3. The molecule has 2 nitrogen and oxygen atoms in total. The molecule has 18 heavy (non-hydrogen) atoms. The Labute approximate surface area is 116 Å². The Morgan fingerprint density at radius 2 is 2.06 bits per heavy atom. The van der Waals surface area contributed by atoms with Crippen molar-refractivity contribution in [2.75, 3.05) is 32.1 Å². The number of nitrogens with zero attached hydrogens (tertiary/aromatic N) is 1. The molecule has 0 N–H and O–H groups in total. The van der Waals surface area contributed by atoms with Crippen LogP contribution < -0.4 is 0 Å². The van der Waals surface area contributed by atoms with Crippen LogP contribution >= 0.6 is 12.6 Å². The van der Waals surface area contributed by atoms with Crippen molar-refractivity contribution in [2.24, 2.45) is 0 Å². The van der Waals surface area contributed by atoms with Gasteiger partial charge in [0, 0.05) is 24.5 Å². The van der Waals surface area contributed by atoms with Gasteiger partial charge in [0.05, 0.1) is 13.2 Å². The predicted octanol–water partition coefficient (Wildman–Crippen LogP) is 2.81. The van der Waals surface area contributed by atoms with Crippen molar-refractivity contribution >= 4 is 12.6 Å². The van der Waals surface area contributed by atoms with Gasteiger partial charge in [-0.1, -0.05) is 30.3 Å². The van der Waals surface area contributed by atoms with Crippen LogP contribution in [-0.2, 0) is 4.74 Å². The first-order valence-corrected chi connectivity index (χ1v) is 7.25. The van der Waals surface area contributed by atoms with E-state index in [2.05, 4.69) is 61.7 Å². The van der Waals surface area contributed by atoms with Crippen molar-refractivity contribution in [3.05, 3.63) is 35.9 Å². The second-order valence-corrected chi connectivity index (χ2v) is 5.97. The summed E-state index contributed by atoms with van der Waals surface area (Å²) in [6, 6.07) is 10.7. The van der Waals surface area contributed by atoms with Gasteiger partial charge in [0.15, 0.2) is 0 Å². The van der Waals surface area contributed by atoms with Crippen molar-refractivity contribution < 1.29 is 4.74 Å². The molecule has 0 spiro atoms. The van der Waals surface area contributed by atoms with Crippen molar-refractivity contribution in [1.29, 1.82) is 0 Å². The van der Waals surface area contributed by atoms with Crippen LogP contribution in [0.4, 0.5) is 0 Å². The molecule has 1 fully saturated rings. The van der Waals surface area contributed by atoms with E-state index < -0.39 is 0 Å². The highest BCUT2D eigenvalue weighted by Gasteiger charge is 2.31. The highest BCUT2D eigenvalue weighted by atomic mass is 32.1. The molecule has 1 aliphatic heterocycles. The SMILES string of the molecule is CC1(C)COCCN1CC(CS)c1ccccc1. The number of ether oxygens (including phenoxy) is 1. The van der Waals surface area contributed by atoms with E-state index >= 15 is 0 Å². The standard InChI is InChI=1S/C15H23NOS/c1-15(2)12-17-9-8-16(15)10-14(11-18)13-6-4-3-5-7-13/h3-7,14,18H,8-12H2,1-2H3. The lowest BCUT2D eigenvalue weighted by Gasteiger charge is -2.43. The van der Waals surface area contributed by atoms with Crippen LogP contribution in [0.25, 0.3) is 0 Å². The van der Waals surface area contributed by atoms with Crippen molar-refractivity contribution in [3.63, 3.8) is 0 Å². The van der Waals surface area contributed by atoms with Gasteiger partial charge < -0.3 is 4.74 Å². The minimum atomic E-state index is 0.133. The molecule has 1 unspecified atom stereocenters. The van der Waals surface area contributed by atoms with Crippen molar-refractivity contribution in [2.45, 2.75) is 25.3 Å². The predicted molar refractivity (Wildman–Crippen MR) is 79.5 cm³/mol. The largest absolute Gasteiger partial charge is 0.378 e. The maximum atomic E-state index is 5.58. The quantitative estimate of drug-likeness (QED) is 0.841. The Balaban J connectivity index is 2.06. The summed E-state index contributed by atoms with van der Waals surface area (Å²) >= 11 is 4.53. The van der Waals surface area contributed by atoms with Crippen LogP contribution in [-0.4, -0.2) is 42.5 Å². The van der Waals surface area contributed by atoms with E-state index in [9.17, 15) is 0 Å². The van der Waals surface area contributed by atoms with E-state index in [1.807, 2.05) is 0 Å². The van der Waals surface area contributed by atoms with Gasteiger partial charge in [-0.2, -0.15) is 12.6 Å². The topological polar surface area (TPSA) is 12.5 Å². The van der Waals surface area contributed by atoms with Crippen LogP contribution in [0.5, 0.6) is 0 Å². The van der Waals surface area contributed by atoms with Gasteiger partial charge >= 0.3 is 0 Å². The van der Waals surface area contributed by atoms with Crippen LogP contribution in [0.2, 0.25) is 0 Å². The van der Waals surface area contributed by atoms with Gasteiger partial charge in [0.25, 0.3) is 0 Å². The van der Waals surface area contributed by atoms with Gasteiger partial charge in [-0.15, -0.1) is 0 Å². The first kappa shape index (κ1) is 13.9. The lowest BCUT2D eigenvalue weighted by Crippen LogP contribution is -2.54. The van der Waals surface area contributed by atoms with Crippen LogP contribution in [0.3, 0.4) is 0 Å². The summed E-state index contributed by atoms with van der Waals surface area (Å²) < 4.78 is 5.58. The average molecular weight is 265 g/mol. The molecule has 2 rings (SSSR count). The normalized spacial score (nSPS) is 21.7. The van der Waals surface area contributed by atoms with Gasteiger partial charge in [-0.3, -0.25) is 4.90 Å². The first-order chi connectivity index (χ1) is 8.63. The fraction of sp³-hybridized carbons (Fsp3) is 0.600. The molecule has 1 atom stereocenters. The zero-order valence-corrected chi connectivity index (χ0v) is 12.2. The molecule has 0 amide bonds. The Bertz CT molecular complexity index is 366. The summed E-state index contributed by atoms with van der Waals surface area (Å²) in [5.74, 6) is 1.38. The summed E-state index contributed by atoms with van der Waals surface area (Å²) in [6.45, 7) is 8.26. The fourth-order valence-corrected chi connectivity index (χ4v) is 2.82. The van der Waals surface area contributed by atoms with Crippen molar-refractivity contribution in [1.82, 2.24) is 4.90 Å². The van der Waals surface area contributed by atoms with E-state index in [1.165, 1.54) is 5.56 Å². The average Bonchev–Trinajstić information content (AvgIpc) is 2.38. The number of morpholine rings is 1. The fourth-order valence-electron chi connectivity index (χ4n) is 2.49. The zero-order chi connectivity index (χ0) is 13.0. The molecule has 0 radical (unpaired) electrons. The summed E-state index contributed by atoms with van der Waals surface area (Å²) in [4.78, 5) is 2.53. The molecule has 0 aromatic heterocycles. The lowest BCUT2D eigenvalue weighted by molar-refractivity contribution is -0.0525. The summed E-state index contributed by atoms with van der Waals surface area (Å²) in [5.41, 5.74) is 1.52. The molecule has 100 valence electrons. The smallest absolute Gasteiger partial charge is 0.0645 e. The minimum Gasteiger partial charge on any atom is -0.378 e. The third-order valence-electron chi connectivity index (χ3n) is 3.75. The molecule has 1 heterocycles. The lowest BCUT2D eigenvalue weighted by atomic mass is 9.96. The van der Waals surface area contributed by atoms with Gasteiger partial charge in [-0.25, -0.2) is 0 Å². The van der Waals surface area contributed by atoms with Crippen LogP contribution in [0.1, 0.15) is 25.3 Å². The maximum absolute atomic E-state index is 5.58. The highest BCUT2D eigenvalue weighted by Crippen LogP contribution is 2.25.